The van der Waals surface area contributed by atoms with Crippen molar-refractivity contribution in [3.05, 3.63) is 83.2 Å². The van der Waals surface area contributed by atoms with Gasteiger partial charge in [0.2, 0.25) is 0 Å². The molecule has 3 aromatic rings. The molecule has 0 saturated carbocycles. The maximum absolute atomic E-state index is 4.49. The third-order valence-electron chi connectivity index (χ3n) is 3.84. The Bertz CT molecular complexity index is 726. The summed E-state index contributed by atoms with van der Waals surface area (Å²) in [6.45, 7) is 4.19. The van der Waals surface area contributed by atoms with E-state index in [0.29, 0.717) is 0 Å². The molecule has 0 bridgehead atoms. The van der Waals surface area contributed by atoms with E-state index < -0.39 is 0 Å². The standard InChI is InChI=1S/C20H20N2/c1-15-3-7-17(8-4-15)9-10-18-13-21-20(22-14-18)19-11-5-16(2)6-12-19/h3-8,11-14H,9-10H2,1-2H3. The summed E-state index contributed by atoms with van der Waals surface area (Å²) in [5.74, 6) is 0.791. The Labute approximate surface area is 131 Å². The first-order chi connectivity index (χ1) is 10.7. The van der Waals surface area contributed by atoms with E-state index in [1.165, 1.54) is 22.3 Å². The first-order valence-corrected chi connectivity index (χ1v) is 7.64. The number of nitrogens with zero attached hydrogens (tertiary/aromatic N) is 2. The largest absolute Gasteiger partial charge is 0.236 e. The molecule has 0 amide bonds. The first-order valence-electron chi connectivity index (χ1n) is 7.64. The monoisotopic (exact) mass is 288 g/mol. The highest BCUT2D eigenvalue weighted by Crippen LogP contribution is 2.15. The van der Waals surface area contributed by atoms with Crippen molar-refractivity contribution in [3.63, 3.8) is 0 Å². The zero-order valence-corrected chi connectivity index (χ0v) is 13.1. The number of hydrogen-bond acceptors (Lipinski definition) is 2. The van der Waals surface area contributed by atoms with Crippen LogP contribution in [0.1, 0.15) is 22.3 Å². The first kappa shape index (κ1) is 14.5. The fourth-order valence-corrected chi connectivity index (χ4v) is 2.38. The maximum atomic E-state index is 4.49. The van der Waals surface area contributed by atoms with Gasteiger partial charge in [-0.15, -0.1) is 0 Å². The summed E-state index contributed by atoms with van der Waals surface area (Å²) in [5, 5.41) is 0. The van der Waals surface area contributed by atoms with Crippen molar-refractivity contribution in [1.29, 1.82) is 0 Å². The van der Waals surface area contributed by atoms with Gasteiger partial charge < -0.3 is 0 Å². The lowest BCUT2D eigenvalue weighted by Gasteiger charge is -2.04. The van der Waals surface area contributed by atoms with E-state index in [4.69, 9.17) is 0 Å². The van der Waals surface area contributed by atoms with E-state index >= 15 is 0 Å². The van der Waals surface area contributed by atoms with Gasteiger partial charge in [0, 0.05) is 18.0 Å². The van der Waals surface area contributed by atoms with Gasteiger partial charge in [0.1, 0.15) is 0 Å². The van der Waals surface area contributed by atoms with E-state index in [2.05, 4.69) is 72.3 Å². The minimum atomic E-state index is 0.791. The van der Waals surface area contributed by atoms with Gasteiger partial charge in [0.15, 0.2) is 5.82 Å². The fraction of sp³-hybridized carbons (Fsp3) is 0.200. The van der Waals surface area contributed by atoms with Crippen molar-refractivity contribution in [2.75, 3.05) is 0 Å². The van der Waals surface area contributed by atoms with Gasteiger partial charge >= 0.3 is 0 Å². The molecule has 1 heterocycles. The molecule has 0 unspecified atom stereocenters. The molecule has 3 rings (SSSR count). The minimum Gasteiger partial charge on any atom is -0.236 e. The van der Waals surface area contributed by atoms with Crippen LogP contribution in [0.15, 0.2) is 60.9 Å². The van der Waals surface area contributed by atoms with Gasteiger partial charge in [0.25, 0.3) is 0 Å². The van der Waals surface area contributed by atoms with E-state index in [-0.39, 0.29) is 0 Å². The summed E-state index contributed by atoms with van der Waals surface area (Å²) >= 11 is 0. The molecule has 0 aliphatic carbocycles. The molecule has 0 saturated heterocycles. The van der Waals surface area contributed by atoms with Crippen LogP contribution in [0.25, 0.3) is 11.4 Å². The second-order valence-corrected chi connectivity index (χ2v) is 5.77. The van der Waals surface area contributed by atoms with Crippen molar-refractivity contribution < 1.29 is 0 Å². The molecule has 0 spiro atoms. The van der Waals surface area contributed by atoms with E-state index in [0.717, 1.165) is 24.2 Å². The highest BCUT2D eigenvalue weighted by atomic mass is 14.9. The van der Waals surface area contributed by atoms with Gasteiger partial charge in [-0.3, -0.25) is 0 Å². The van der Waals surface area contributed by atoms with Gasteiger partial charge in [-0.25, -0.2) is 9.97 Å². The van der Waals surface area contributed by atoms with Crippen molar-refractivity contribution in [3.8, 4) is 11.4 Å². The van der Waals surface area contributed by atoms with Gasteiger partial charge in [-0.2, -0.15) is 0 Å². The van der Waals surface area contributed by atoms with Crippen molar-refractivity contribution in [1.82, 2.24) is 9.97 Å². The molecule has 2 nitrogen and oxygen atoms in total. The van der Waals surface area contributed by atoms with Crippen LogP contribution in [0.3, 0.4) is 0 Å². The van der Waals surface area contributed by atoms with Gasteiger partial charge in [-0.05, 0) is 37.8 Å². The van der Waals surface area contributed by atoms with Gasteiger partial charge in [-0.1, -0.05) is 59.7 Å². The molecule has 0 radical (unpaired) electrons. The van der Waals surface area contributed by atoms with Crippen LogP contribution in [0.5, 0.6) is 0 Å². The third-order valence-corrected chi connectivity index (χ3v) is 3.84. The predicted molar refractivity (Wildman–Crippen MR) is 90.8 cm³/mol. The zero-order valence-electron chi connectivity index (χ0n) is 13.1. The van der Waals surface area contributed by atoms with Crippen LogP contribution in [0, 0.1) is 13.8 Å². The lowest BCUT2D eigenvalue weighted by molar-refractivity contribution is 0.934. The van der Waals surface area contributed by atoms with Crippen molar-refractivity contribution in [2.24, 2.45) is 0 Å². The Morgan fingerprint density at radius 3 is 1.73 bits per heavy atom. The molecular weight excluding hydrogens is 268 g/mol. The number of benzene rings is 2. The van der Waals surface area contributed by atoms with Crippen molar-refractivity contribution >= 4 is 0 Å². The second kappa shape index (κ2) is 6.52. The Morgan fingerprint density at radius 1 is 0.636 bits per heavy atom. The van der Waals surface area contributed by atoms with E-state index in [9.17, 15) is 0 Å². The summed E-state index contributed by atoms with van der Waals surface area (Å²) < 4.78 is 0. The Hall–Kier alpha value is -2.48. The molecule has 22 heavy (non-hydrogen) atoms. The Morgan fingerprint density at radius 2 is 1.14 bits per heavy atom. The number of aromatic nitrogens is 2. The average molecular weight is 288 g/mol. The normalized spacial score (nSPS) is 10.6. The Kier molecular flexibility index (Phi) is 4.29. The van der Waals surface area contributed by atoms with E-state index in [1.54, 1.807) is 0 Å². The molecule has 0 N–H and O–H groups in total. The SMILES string of the molecule is Cc1ccc(CCc2cnc(-c3ccc(C)cc3)nc2)cc1. The number of hydrogen-bond donors (Lipinski definition) is 0. The van der Waals surface area contributed by atoms with Crippen molar-refractivity contribution in [2.45, 2.75) is 26.7 Å². The average Bonchev–Trinajstić information content (AvgIpc) is 2.56. The molecule has 2 aromatic carbocycles. The highest BCUT2D eigenvalue weighted by Gasteiger charge is 2.02. The summed E-state index contributed by atoms with van der Waals surface area (Å²) in [5.41, 5.74) is 6.15. The predicted octanol–water partition coefficient (Wildman–Crippen LogP) is 4.55. The van der Waals surface area contributed by atoms with Gasteiger partial charge in [0.05, 0.1) is 0 Å². The topological polar surface area (TPSA) is 25.8 Å². The minimum absolute atomic E-state index is 0.791. The molecule has 2 heteroatoms. The summed E-state index contributed by atoms with van der Waals surface area (Å²) in [6.07, 6.45) is 5.87. The van der Waals surface area contributed by atoms with E-state index in [1.807, 2.05) is 12.4 Å². The lowest BCUT2D eigenvalue weighted by Crippen LogP contribution is -1.95. The smallest absolute Gasteiger partial charge is 0.159 e. The fourth-order valence-electron chi connectivity index (χ4n) is 2.38. The second-order valence-electron chi connectivity index (χ2n) is 5.77. The lowest BCUT2D eigenvalue weighted by atomic mass is 10.1. The van der Waals surface area contributed by atoms with Crippen LogP contribution in [-0.2, 0) is 12.8 Å². The molecule has 0 atom stereocenters. The summed E-state index contributed by atoms with van der Waals surface area (Å²) in [7, 11) is 0. The number of aryl methyl sites for hydroxylation is 4. The Balaban J connectivity index is 1.66. The number of rotatable bonds is 4. The summed E-state index contributed by atoms with van der Waals surface area (Å²) in [4.78, 5) is 8.99. The molecule has 110 valence electrons. The quantitative estimate of drug-likeness (QED) is 0.704. The van der Waals surface area contributed by atoms with Crippen LogP contribution >= 0.6 is 0 Å². The molecular formula is C20H20N2. The molecule has 0 aliphatic heterocycles. The maximum Gasteiger partial charge on any atom is 0.159 e. The molecule has 0 aliphatic rings. The highest BCUT2D eigenvalue weighted by molar-refractivity contribution is 5.54. The van der Waals surface area contributed by atoms with Crippen LogP contribution in [0.4, 0.5) is 0 Å². The van der Waals surface area contributed by atoms with Crippen LogP contribution in [0.2, 0.25) is 0 Å². The molecule has 0 fully saturated rings. The summed E-state index contributed by atoms with van der Waals surface area (Å²) in [6, 6.07) is 17.0. The molecule has 1 aromatic heterocycles. The zero-order chi connectivity index (χ0) is 15.4. The third kappa shape index (κ3) is 3.59. The van der Waals surface area contributed by atoms with Crippen LogP contribution < -0.4 is 0 Å². The van der Waals surface area contributed by atoms with Crippen LogP contribution in [-0.4, -0.2) is 9.97 Å².